The van der Waals surface area contributed by atoms with Crippen LogP contribution < -0.4 is 10.9 Å². The van der Waals surface area contributed by atoms with Crippen LogP contribution in [0.25, 0.3) is 0 Å². The monoisotopic (exact) mass is 385 g/mol. The maximum Gasteiger partial charge on any atom is 0.251 e. The largest absolute Gasteiger partial charge is 0.324 e. The van der Waals surface area contributed by atoms with E-state index in [2.05, 4.69) is 15.3 Å². The van der Waals surface area contributed by atoms with Crippen LogP contribution in [0, 0.1) is 0 Å². The van der Waals surface area contributed by atoms with Gasteiger partial charge in [0.05, 0.1) is 16.0 Å². The Morgan fingerprint density at radius 3 is 2.83 bits per heavy atom. The second-order valence-electron chi connectivity index (χ2n) is 5.17. The number of carbonyl (C=O) groups is 1. The van der Waals surface area contributed by atoms with E-state index in [4.69, 9.17) is 23.2 Å². The van der Waals surface area contributed by atoms with Crippen LogP contribution >= 0.6 is 35.0 Å². The Balaban J connectivity index is 2.09. The normalized spacial score (nSPS) is 12.0. The van der Waals surface area contributed by atoms with E-state index in [9.17, 15) is 9.59 Å². The Labute approximate surface area is 154 Å². The molecule has 1 aromatic carbocycles. The van der Waals surface area contributed by atoms with Gasteiger partial charge in [0.2, 0.25) is 5.91 Å². The second kappa shape index (κ2) is 8.55. The van der Waals surface area contributed by atoms with Crippen molar-refractivity contribution in [3.8, 4) is 0 Å². The van der Waals surface area contributed by atoms with E-state index in [0.717, 1.165) is 12.8 Å². The number of benzene rings is 1. The molecule has 128 valence electrons. The Kier molecular flexibility index (Phi) is 6.71. The molecule has 1 unspecified atom stereocenters. The summed E-state index contributed by atoms with van der Waals surface area (Å²) in [7, 11) is 0. The zero-order valence-electron chi connectivity index (χ0n) is 13.2. The van der Waals surface area contributed by atoms with Crippen LogP contribution in [-0.4, -0.2) is 21.1 Å². The van der Waals surface area contributed by atoms with E-state index in [-0.39, 0.29) is 11.5 Å². The summed E-state index contributed by atoms with van der Waals surface area (Å²) >= 11 is 13.1. The van der Waals surface area contributed by atoms with Crippen LogP contribution in [0.5, 0.6) is 0 Å². The van der Waals surface area contributed by atoms with E-state index in [1.807, 2.05) is 6.92 Å². The zero-order valence-corrected chi connectivity index (χ0v) is 15.6. The molecule has 1 atom stereocenters. The Hall–Kier alpha value is -1.50. The molecule has 8 heteroatoms. The van der Waals surface area contributed by atoms with E-state index in [1.165, 1.54) is 17.8 Å². The molecule has 0 aliphatic heterocycles. The summed E-state index contributed by atoms with van der Waals surface area (Å²) in [4.78, 5) is 31.0. The zero-order chi connectivity index (χ0) is 17.7. The first-order valence-corrected chi connectivity index (χ1v) is 9.05. The average Bonchev–Trinajstić information content (AvgIpc) is 2.50. The minimum Gasteiger partial charge on any atom is -0.324 e. The van der Waals surface area contributed by atoms with Crippen molar-refractivity contribution in [1.82, 2.24) is 9.97 Å². The predicted octanol–water partition coefficient (Wildman–Crippen LogP) is 4.15. The highest BCUT2D eigenvalue weighted by molar-refractivity contribution is 8.00. The molecule has 1 aromatic heterocycles. The maximum absolute atomic E-state index is 12.3. The van der Waals surface area contributed by atoms with Crippen LogP contribution in [0.3, 0.4) is 0 Å². The van der Waals surface area contributed by atoms with Gasteiger partial charge in [-0.05, 0) is 31.5 Å². The van der Waals surface area contributed by atoms with Gasteiger partial charge in [-0.2, -0.15) is 0 Å². The number of halogens is 2. The van der Waals surface area contributed by atoms with Gasteiger partial charge in [-0.1, -0.05) is 48.3 Å². The van der Waals surface area contributed by atoms with Gasteiger partial charge < -0.3 is 10.3 Å². The van der Waals surface area contributed by atoms with Gasteiger partial charge in [0, 0.05) is 16.8 Å². The van der Waals surface area contributed by atoms with Crippen molar-refractivity contribution in [3.63, 3.8) is 0 Å². The van der Waals surface area contributed by atoms with Crippen LogP contribution in [0.2, 0.25) is 10.0 Å². The van der Waals surface area contributed by atoms with Crippen LogP contribution in [0.15, 0.2) is 34.2 Å². The molecule has 0 spiro atoms. The lowest BCUT2D eigenvalue weighted by atomic mass is 10.2. The number of nitrogens with one attached hydrogen (secondary N) is 2. The summed E-state index contributed by atoms with van der Waals surface area (Å²) in [5.74, 6) is -0.257. The van der Waals surface area contributed by atoms with Crippen LogP contribution in [-0.2, 0) is 11.2 Å². The highest BCUT2D eigenvalue weighted by Crippen LogP contribution is 2.27. The van der Waals surface area contributed by atoms with Gasteiger partial charge in [-0.25, -0.2) is 4.98 Å². The van der Waals surface area contributed by atoms with Gasteiger partial charge in [-0.15, -0.1) is 0 Å². The molecule has 2 aromatic rings. The second-order valence-corrected chi connectivity index (χ2v) is 7.34. The third kappa shape index (κ3) is 5.26. The molecular formula is C16H17Cl2N3O2S. The Morgan fingerprint density at radius 2 is 2.12 bits per heavy atom. The highest BCUT2D eigenvalue weighted by atomic mass is 35.5. The first kappa shape index (κ1) is 18.8. The summed E-state index contributed by atoms with van der Waals surface area (Å²) < 4.78 is 0. The molecule has 0 radical (unpaired) electrons. The molecule has 1 amide bonds. The number of nitrogens with zero attached hydrogens (tertiary/aromatic N) is 1. The first-order valence-electron chi connectivity index (χ1n) is 7.42. The molecule has 5 nitrogen and oxygen atoms in total. The Morgan fingerprint density at radius 1 is 1.38 bits per heavy atom. The molecule has 1 heterocycles. The van der Waals surface area contributed by atoms with Gasteiger partial charge in [0.25, 0.3) is 5.56 Å². The summed E-state index contributed by atoms with van der Waals surface area (Å²) in [5.41, 5.74) is 0.943. The van der Waals surface area contributed by atoms with Crippen molar-refractivity contribution >= 4 is 46.6 Å². The molecule has 2 N–H and O–H groups in total. The number of thioether (sulfide) groups is 1. The van der Waals surface area contributed by atoms with Crippen molar-refractivity contribution in [2.24, 2.45) is 0 Å². The standard InChI is InChI=1S/C16H17Cl2N3O2S/c1-3-4-11-8-14(22)21-16(19-11)24-9(2)15(23)20-13-7-10(17)5-6-12(13)18/h5-9H,3-4H2,1-2H3,(H,20,23)(H,19,21,22). The fourth-order valence-electron chi connectivity index (χ4n) is 1.97. The number of amides is 1. The number of hydrogen-bond acceptors (Lipinski definition) is 4. The number of carbonyl (C=O) groups excluding carboxylic acids is 1. The fraction of sp³-hybridized carbons (Fsp3) is 0.312. The van der Waals surface area contributed by atoms with E-state index in [1.54, 1.807) is 25.1 Å². The molecule has 0 aliphatic rings. The number of aromatic nitrogens is 2. The number of H-pyrrole nitrogens is 1. The molecule has 0 bridgehead atoms. The van der Waals surface area contributed by atoms with E-state index < -0.39 is 5.25 Å². The molecule has 0 aliphatic carbocycles. The van der Waals surface area contributed by atoms with Crippen molar-refractivity contribution in [2.45, 2.75) is 37.1 Å². The summed E-state index contributed by atoms with van der Waals surface area (Å²) in [5, 5.41) is 3.56. The van der Waals surface area contributed by atoms with Gasteiger partial charge in [0.15, 0.2) is 5.16 Å². The number of rotatable bonds is 6. The van der Waals surface area contributed by atoms with E-state index >= 15 is 0 Å². The highest BCUT2D eigenvalue weighted by Gasteiger charge is 2.17. The third-order valence-electron chi connectivity index (χ3n) is 3.12. The molecule has 24 heavy (non-hydrogen) atoms. The molecular weight excluding hydrogens is 369 g/mol. The van der Waals surface area contributed by atoms with Crippen molar-refractivity contribution in [1.29, 1.82) is 0 Å². The minimum absolute atomic E-state index is 0.221. The minimum atomic E-state index is -0.472. The molecule has 0 saturated carbocycles. The number of aryl methyl sites for hydroxylation is 1. The molecule has 0 saturated heterocycles. The average molecular weight is 386 g/mol. The lowest BCUT2D eigenvalue weighted by Gasteiger charge is -2.13. The number of hydrogen-bond donors (Lipinski definition) is 2. The number of aromatic amines is 1. The van der Waals surface area contributed by atoms with Crippen molar-refractivity contribution in [3.05, 3.63) is 50.4 Å². The van der Waals surface area contributed by atoms with Gasteiger partial charge >= 0.3 is 0 Å². The van der Waals surface area contributed by atoms with Crippen molar-refractivity contribution in [2.75, 3.05) is 5.32 Å². The third-order valence-corrected chi connectivity index (χ3v) is 4.67. The fourth-order valence-corrected chi connectivity index (χ4v) is 3.14. The topological polar surface area (TPSA) is 74.8 Å². The summed E-state index contributed by atoms with van der Waals surface area (Å²) in [6.45, 7) is 3.74. The van der Waals surface area contributed by atoms with E-state index in [0.29, 0.717) is 26.6 Å². The van der Waals surface area contributed by atoms with Crippen LogP contribution in [0.1, 0.15) is 26.0 Å². The number of anilines is 1. The Bertz CT molecular complexity index is 795. The van der Waals surface area contributed by atoms with Gasteiger partial charge in [-0.3, -0.25) is 9.59 Å². The SMILES string of the molecule is CCCc1cc(=O)[nH]c(SC(C)C(=O)Nc2cc(Cl)ccc2Cl)n1. The summed E-state index contributed by atoms with van der Waals surface area (Å²) in [6.07, 6.45) is 1.61. The maximum atomic E-state index is 12.3. The lowest BCUT2D eigenvalue weighted by molar-refractivity contribution is -0.115. The summed E-state index contributed by atoms with van der Waals surface area (Å²) in [6, 6.07) is 6.32. The molecule has 2 rings (SSSR count). The van der Waals surface area contributed by atoms with Gasteiger partial charge in [0.1, 0.15) is 0 Å². The quantitative estimate of drug-likeness (QED) is 0.578. The predicted molar refractivity (Wildman–Crippen MR) is 99.3 cm³/mol. The smallest absolute Gasteiger partial charge is 0.251 e. The molecule has 0 fully saturated rings. The van der Waals surface area contributed by atoms with Crippen LogP contribution in [0.4, 0.5) is 5.69 Å². The van der Waals surface area contributed by atoms with Crippen molar-refractivity contribution < 1.29 is 4.79 Å². The lowest BCUT2D eigenvalue weighted by Crippen LogP contribution is -2.23. The first-order chi connectivity index (χ1) is 11.4.